The normalized spacial score (nSPS) is 15.9. The highest BCUT2D eigenvalue weighted by Crippen LogP contribution is 2.39. The van der Waals surface area contributed by atoms with Crippen molar-refractivity contribution in [2.45, 2.75) is 45.3 Å². The van der Waals surface area contributed by atoms with Crippen LogP contribution in [-0.4, -0.2) is 57.1 Å². The molecular formula is C24H28FN5O5. The summed E-state index contributed by atoms with van der Waals surface area (Å²) in [6.07, 6.45) is 3.97. The van der Waals surface area contributed by atoms with Crippen molar-refractivity contribution in [2.75, 3.05) is 24.6 Å². The molecular weight excluding hydrogens is 457 g/mol. The Bertz CT molecular complexity index is 1240. The molecule has 0 bridgehead atoms. The van der Waals surface area contributed by atoms with Crippen molar-refractivity contribution in [1.29, 1.82) is 0 Å². The maximum absolute atomic E-state index is 14.3. The molecule has 0 unspecified atom stereocenters. The Morgan fingerprint density at radius 2 is 2.09 bits per heavy atom. The summed E-state index contributed by atoms with van der Waals surface area (Å²) in [5, 5.41) is 16.1. The van der Waals surface area contributed by atoms with Crippen molar-refractivity contribution in [3.05, 3.63) is 53.6 Å². The number of rotatable bonds is 7. The lowest BCUT2D eigenvalue weighted by Gasteiger charge is -2.27. The van der Waals surface area contributed by atoms with Crippen LogP contribution in [0.3, 0.4) is 0 Å². The summed E-state index contributed by atoms with van der Waals surface area (Å²) in [6, 6.07) is 5.89. The van der Waals surface area contributed by atoms with Crippen LogP contribution in [0.15, 0.2) is 36.7 Å². The van der Waals surface area contributed by atoms with Gasteiger partial charge in [0.05, 0.1) is 18.8 Å². The van der Waals surface area contributed by atoms with Gasteiger partial charge < -0.3 is 24.8 Å². The Balaban J connectivity index is 1.52. The summed E-state index contributed by atoms with van der Waals surface area (Å²) in [6.45, 7) is 6.40. The Kier molecular flexibility index (Phi) is 6.77. The van der Waals surface area contributed by atoms with E-state index >= 15 is 0 Å². The number of nitrogens with zero attached hydrogens (tertiary/aromatic N) is 4. The van der Waals surface area contributed by atoms with Gasteiger partial charge in [-0.2, -0.15) is 5.10 Å². The predicted octanol–water partition coefficient (Wildman–Crippen LogP) is 3.81. The molecule has 1 saturated heterocycles. The molecule has 4 rings (SSSR count). The van der Waals surface area contributed by atoms with Crippen molar-refractivity contribution in [3.63, 3.8) is 0 Å². The van der Waals surface area contributed by atoms with Gasteiger partial charge in [0.2, 0.25) is 0 Å². The number of nitrogens with one attached hydrogen (secondary N) is 1. The van der Waals surface area contributed by atoms with E-state index in [0.29, 0.717) is 23.7 Å². The number of aromatic carboxylic acids is 1. The molecule has 2 aromatic heterocycles. The largest absolute Gasteiger partial charge is 0.491 e. The summed E-state index contributed by atoms with van der Waals surface area (Å²) in [4.78, 5) is 29.9. The van der Waals surface area contributed by atoms with Gasteiger partial charge in [0.15, 0.2) is 5.65 Å². The van der Waals surface area contributed by atoms with Crippen molar-refractivity contribution in [1.82, 2.24) is 19.9 Å². The predicted molar refractivity (Wildman–Crippen MR) is 125 cm³/mol. The van der Waals surface area contributed by atoms with E-state index in [-0.39, 0.29) is 30.4 Å². The number of benzene rings is 1. The number of anilines is 1. The van der Waals surface area contributed by atoms with Crippen LogP contribution in [0.25, 0.3) is 5.65 Å². The summed E-state index contributed by atoms with van der Waals surface area (Å²) < 4.78 is 26.8. The molecule has 10 nitrogen and oxygen atoms in total. The first-order chi connectivity index (χ1) is 16.6. The maximum Gasteiger partial charge on any atom is 0.407 e. The molecule has 1 aliphatic rings. The number of carbonyl (C=O) groups is 2. The number of carboxylic acids is 1. The molecule has 1 aliphatic heterocycles. The maximum atomic E-state index is 14.3. The number of amides is 1. The van der Waals surface area contributed by atoms with E-state index in [1.54, 1.807) is 39.1 Å². The number of ether oxygens (including phenoxy) is 2. The molecule has 0 spiro atoms. The third-order valence-corrected chi connectivity index (χ3v) is 5.49. The van der Waals surface area contributed by atoms with Gasteiger partial charge in [-0.3, -0.25) is 0 Å². The molecule has 2 N–H and O–H groups in total. The Labute approximate surface area is 201 Å². The molecule has 11 heteroatoms. The van der Waals surface area contributed by atoms with Crippen molar-refractivity contribution in [2.24, 2.45) is 0 Å². The van der Waals surface area contributed by atoms with Gasteiger partial charge in [-0.25, -0.2) is 23.5 Å². The number of aromatic nitrogens is 3. The number of halogens is 1. The molecule has 0 radical (unpaired) electrons. The zero-order valence-electron chi connectivity index (χ0n) is 19.8. The van der Waals surface area contributed by atoms with Crippen molar-refractivity contribution >= 4 is 23.5 Å². The second-order valence-electron chi connectivity index (χ2n) is 9.23. The van der Waals surface area contributed by atoms with Crippen LogP contribution in [0, 0.1) is 5.82 Å². The molecule has 1 fully saturated rings. The lowest BCUT2D eigenvalue weighted by molar-refractivity contribution is 0.0519. The van der Waals surface area contributed by atoms with Gasteiger partial charge in [-0.1, -0.05) is 0 Å². The minimum absolute atomic E-state index is 0.00913. The average molecular weight is 486 g/mol. The lowest BCUT2D eigenvalue weighted by Crippen LogP contribution is -2.34. The van der Waals surface area contributed by atoms with Gasteiger partial charge in [0.25, 0.3) is 0 Å². The van der Waals surface area contributed by atoms with Crippen molar-refractivity contribution in [3.8, 4) is 5.75 Å². The molecule has 35 heavy (non-hydrogen) atoms. The van der Waals surface area contributed by atoms with Gasteiger partial charge in [0.1, 0.15) is 35.2 Å². The summed E-state index contributed by atoms with van der Waals surface area (Å²) in [5.74, 6) is -0.419. The fourth-order valence-electron chi connectivity index (χ4n) is 4.07. The number of hydrogen-bond acceptors (Lipinski definition) is 7. The van der Waals surface area contributed by atoms with Crippen LogP contribution < -0.4 is 15.0 Å². The molecule has 1 aromatic carbocycles. The molecule has 1 amide bonds. The number of fused-ring (bicyclic) bond motifs is 1. The van der Waals surface area contributed by atoms with E-state index in [4.69, 9.17) is 9.47 Å². The summed E-state index contributed by atoms with van der Waals surface area (Å²) in [5.41, 5.74) is 0.313. The highest BCUT2D eigenvalue weighted by atomic mass is 19.1. The molecule has 3 heterocycles. The molecule has 0 saturated carbocycles. The second kappa shape index (κ2) is 9.77. The average Bonchev–Trinajstić information content (AvgIpc) is 3.43. The Morgan fingerprint density at radius 3 is 2.83 bits per heavy atom. The third-order valence-electron chi connectivity index (χ3n) is 5.49. The van der Waals surface area contributed by atoms with Crippen LogP contribution in [0.4, 0.5) is 15.0 Å². The smallest absolute Gasteiger partial charge is 0.407 e. The van der Waals surface area contributed by atoms with Crippen LogP contribution >= 0.6 is 0 Å². The molecule has 3 aromatic rings. The number of hydrogen-bond donors (Lipinski definition) is 2. The van der Waals surface area contributed by atoms with Crippen LogP contribution in [-0.2, 0) is 4.74 Å². The molecule has 0 aliphatic carbocycles. The van der Waals surface area contributed by atoms with Gasteiger partial charge in [0, 0.05) is 18.3 Å². The second-order valence-corrected chi connectivity index (χ2v) is 9.23. The Morgan fingerprint density at radius 1 is 1.29 bits per heavy atom. The van der Waals surface area contributed by atoms with E-state index in [1.165, 1.54) is 22.8 Å². The van der Waals surface area contributed by atoms with E-state index in [1.807, 2.05) is 4.90 Å². The lowest BCUT2D eigenvalue weighted by atomic mass is 10.0. The minimum Gasteiger partial charge on any atom is -0.491 e. The fraction of sp³-hybridized carbons (Fsp3) is 0.417. The van der Waals surface area contributed by atoms with Crippen molar-refractivity contribution < 1.29 is 28.6 Å². The molecule has 1 atom stereocenters. The highest BCUT2D eigenvalue weighted by Gasteiger charge is 2.30. The highest BCUT2D eigenvalue weighted by molar-refractivity contribution is 5.94. The summed E-state index contributed by atoms with van der Waals surface area (Å²) >= 11 is 0. The standard InChI is InChI=1S/C24H28FN5O5/c1-24(2,3)35-23(33)26-9-12-34-19-7-6-15(25)13-16(19)18-5-4-10-29(18)20-8-11-30-21(28-20)17(14-27-30)22(31)32/h6-8,11,13-14,18H,4-5,9-10,12H2,1-3H3,(H,26,33)(H,31,32)/t18-/m1/s1. The van der Waals surface area contributed by atoms with Gasteiger partial charge >= 0.3 is 12.1 Å². The number of carbonyl (C=O) groups excluding carboxylic acids is 1. The molecule has 186 valence electrons. The number of carboxylic acid groups (broad SMARTS) is 1. The van der Waals surface area contributed by atoms with Gasteiger partial charge in [-0.15, -0.1) is 0 Å². The van der Waals surface area contributed by atoms with E-state index in [2.05, 4.69) is 15.4 Å². The van der Waals surface area contributed by atoms with Gasteiger partial charge in [-0.05, 0) is 57.9 Å². The quantitative estimate of drug-likeness (QED) is 0.485. The monoisotopic (exact) mass is 485 g/mol. The SMILES string of the molecule is CC(C)(C)OC(=O)NCCOc1ccc(F)cc1[C@H]1CCCN1c1ccn2ncc(C(=O)O)c2n1. The zero-order valence-corrected chi connectivity index (χ0v) is 19.8. The first-order valence-corrected chi connectivity index (χ1v) is 11.4. The first-order valence-electron chi connectivity index (χ1n) is 11.4. The third kappa shape index (κ3) is 5.61. The van der Waals surface area contributed by atoms with E-state index in [9.17, 15) is 19.1 Å². The fourth-order valence-corrected chi connectivity index (χ4v) is 4.07. The van der Waals surface area contributed by atoms with E-state index in [0.717, 1.165) is 12.8 Å². The Hall–Kier alpha value is -3.89. The van der Waals surface area contributed by atoms with Crippen LogP contribution in [0.5, 0.6) is 5.75 Å². The van der Waals surface area contributed by atoms with Crippen LogP contribution in [0.1, 0.15) is 55.6 Å². The zero-order chi connectivity index (χ0) is 25.2. The van der Waals surface area contributed by atoms with E-state index < -0.39 is 23.5 Å². The topological polar surface area (TPSA) is 118 Å². The minimum atomic E-state index is -1.11. The number of alkyl carbamates (subject to hydrolysis) is 1. The first kappa shape index (κ1) is 24.2. The van der Waals surface area contributed by atoms with Crippen LogP contribution in [0.2, 0.25) is 0 Å². The summed E-state index contributed by atoms with van der Waals surface area (Å²) in [7, 11) is 0.